The van der Waals surface area contributed by atoms with Crippen LogP contribution in [0.5, 0.6) is 0 Å². The highest BCUT2D eigenvalue weighted by Crippen LogP contribution is 2.13. The van der Waals surface area contributed by atoms with Crippen LogP contribution in [0.15, 0.2) is 72.9 Å². The molecule has 0 amide bonds. The maximum absolute atomic E-state index is 10.5. The number of hydrogen-bond donors (Lipinski definition) is 3. The van der Waals surface area contributed by atoms with E-state index in [4.69, 9.17) is 5.11 Å². The number of carbonyl (C=O) groups is 1. The number of aliphatic hydroxyl groups is 2. The normalized spacial score (nSPS) is 14.4. The predicted molar refractivity (Wildman–Crippen MR) is 163 cm³/mol. The van der Waals surface area contributed by atoms with Crippen LogP contribution >= 0.6 is 0 Å². The van der Waals surface area contributed by atoms with Crippen molar-refractivity contribution in [2.24, 2.45) is 0 Å². The van der Waals surface area contributed by atoms with Gasteiger partial charge in [0.1, 0.15) is 0 Å². The van der Waals surface area contributed by atoms with Gasteiger partial charge in [-0.1, -0.05) is 144 Å². The Hall–Kier alpha value is -2.17. The Labute approximate surface area is 233 Å². The molecule has 216 valence electrons. The highest BCUT2D eigenvalue weighted by molar-refractivity contribution is 5.66. The molecule has 0 fully saturated rings. The molecular weight excluding hydrogens is 472 g/mol. The third-order valence-corrected chi connectivity index (χ3v) is 6.27. The lowest BCUT2D eigenvalue weighted by Crippen LogP contribution is -1.98. The van der Waals surface area contributed by atoms with Gasteiger partial charge < -0.3 is 15.3 Å². The first-order valence-electron chi connectivity index (χ1n) is 15.1. The number of allylic oxidation sites excluding steroid dienone is 8. The molecule has 0 unspecified atom stereocenters. The maximum Gasteiger partial charge on any atom is 0.303 e. The van der Waals surface area contributed by atoms with Gasteiger partial charge in [-0.15, -0.1) is 0 Å². The van der Waals surface area contributed by atoms with Gasteiger partial charge in [-0.25, -0.2) is 0 Å². The van der Waals surface area contributed by atoms with Crippen LogP contribution in [0.25, 0.3) is 0 Å². The molecule has 2 atom stereocenters. The van der Waals surface area contributed by atoms with Crippen LogP contribution in [-0.4, -0.2) is 33.5 Å². The molecule has 0 heterocycles. The number of aliphatic hydroxyl groups excluding tert-OH is 2. The highest BCUT2D eigenvalue weighted by Gasteiger charge is 1.97. The van der Waals surface area contributed by atoms with Crippen molar-refractivity contribution in [1.82, 2.24) is 0 Å². The van der Waals surface area contributed by atoms with Crippen molar-refractivity contribution in [3.8, 4) is 0 Å². The van der Waals surface area contributed by atoms with E-state index < -0.39 is 18.2 Å². The zero-order valence-corrected chi connectivity index (χ0v) is 24.1. The molecule has 38 heavy (non-hydrogen) atoms. The summed E-state index contributed by atoms with van der Waals surface area (Å²) in [6, 6.07) is 0. The number of carboxylic acid groups (broad SMARTS) is 1. The summed E-state index contributed by atoms with van der Waals surface area (Å²) in [6.45, 7) is 2.07. The van der Waals surface area contributed by atoms with Gasteiger partial charge in [0.15, 0.2) is 0 Å². The van der Waals surface area contributed by atoms with Crippen LogP contribution in [0.4, 0.5) is 0 Å². The topological polar surface area (TPSA) is 77.8 Å². The van der Waals surface area contributed by atoms with Crippen LogP contribution < -0.4 is 0 Å². The SMILES string of the molecule is CC/C=C\C[C@H](O)\C=C/C=C/C=C/[C@H](O)C/C=C\C/C=C\CCCCCCCCCCCCCCC(=O)O. The van der Waals surface area contributed by atoms with Crippen LogP contribution in [0.3, 0.4) is 0 Å². The summed E-state index contributed by atoms with van der Waals surface area (Å²) in [5, 5.41) is 28.4. The molecule has 0 aromatic carbocycles. The molecule has 0 aromatic heterocycles. The summed E-state index contributed by atoms with van der Waals surface area (Å²) in [5.41, 5.74) is 0. The van der Waals surface area contributed by atoms with E-state index >= 15 is 0 Å². The summed E-state index contributed by atoms with van der Waals surface area (Å²) in [5.74, 6) is -0.672. The highest BCUT2D eigenvalue weighted by atomic mass is 16.4. The third-order valence-electron chi connectivity index (χ3n) is 6.27. The largest absolute Gasteiger partial charge is 0.481 e. The van der Waals surface area contributed by atoms with E-state index in [0.717, 1.165) is 32.1 Å². The first kappa shape index (κ1) is 35.8. The lowest BCUT2D eigenvalue weighted by Gasteiger charge is -2.02. The summed E-state index contributed by atoms with van der Waals surface area (Å²) >= 11 is 0. The first-order chi connectivity index (χ1) is 18.6. The quantitative estimate of drug-likeness (QED) is 0.0594. The molecule has 0 radical (unpaired) electrons. The molecule has 4 heteroatoms. The van der Waals surface area contributed by atoms with Crippen LogP contribution in [0.1, 0.15) is 122 Å². The van der Waals surface area contributed by atoms with Crippen molar-refractivity contribution >= 4 is 5.97 Å². The van der Waals surface area contributed by atoms with Crippen molar-refractivity contribution in [3.05, 3.63) is 72.9 Å². The fraction of sp³-hybridized carbons (Fsp3) is 0.618. The van der Waals surface area contributed by atoms with Crippen LogP contribution in [0.2, 0.25) is 0 Å². The Morgan fingerprint density at radius 1 is 0.579 bits per heavy atom. The summed E-state index contributed by atoms with van der Waals surface area (Å²) in [7, 11) is 0. The predicted octanol–water partition coefficient (Wildman–Crippen LogP) is 9.17. The Bertz CT molecular complexity index is 699. The van der Waals surface area contributed by atoms with Gasteiger partial charge in [-0.2, -0.15) is 0 Å². The van der Waals surface area contributed by atoms with Gasteiger partial charge in [0.2, 0.25) is 0 Å². The van der Waals surface area contributed by atoms with E-state index in [-0.39, 0.29) is 0 Å². The van der Waals surface area contributed by atoms with Gasteiger partial charge in [0.05, 0.1) is 12.2 Å². The lowest BCUT2D eigenvalue weighted by atomic mass is 10.0. The van der Waals surface area contributed by atoms with E-state index in [2.05, 4.69) is 31.2 Å². The zero-order chi connectivity index (χ0) is 27.9. The van der Waals surface area contributed by atoms with Gasteiger partial charge >= 0.3 is 5.97 Å². The summed E-state index contributed by atoms with van der Waals surface area (Å²) < 4.78 is 0. The maximum atomic E-state index is 10.5. The molecule has 4 nitrogen and oxygen atoms in total. The molecule has 0 aromatic rings. The zero-order valence-electron chi connectivity index (χ0n) is 24.1. The number of rotatable bonds is 26. The summed E-state index contributed by atoms with van der Waals surface area (Å²) in [4.78, 5) is 10.5. The van der Waals surface area contributed by atoms with Gasteiger partial charge in [-0.05, 0) is 44.9 Å². The van der Waals surface area contributed by atoms with Gasteiger partial charge in [0.25, 0.3) is 0 Å². The smallest absolute Gasteiger partial charge is 0.303 e. The minimum Gasteiger partial charge on any atom is -0.481 e. The Kier molecular flexibility index (Phi) is 27.7. The van der Waals surface area contributed by atoms with Crippen molar-refractivity contribution in [3.63, 3.8) is 0 Å². The second kappa shape index (κ2) is 29.4. The molecule has 0 spiro atoms. The third kappa shape index (κ3) is 30.1. The molecule has 0 saturated heterocycles. The number of hydrogen-bond acceptors (Lipinski definition) is 3. The average Bonchev–Trinajstić information content (AvgIpc) is 2.89. The van der Waals surface area contributed by atoms with Gasteiger partial charge in [0, 0.05) is 6.42 Å². The Balaban J connectivity index is 3.53. The van der Waals surface area contributed by atoms with Crippen molar-refractivity contribution in [2.75, 3.05) is 0 Å². The molecule has 0 aliphatic rings. The fourth-order valence-corrected chi connectivity index (χ4v) is 4.00. The molecule has 0 aliphatic heterocycles. The minimum atomic E-state index is -0.672. The monoisotopic (exact) mass is 528 g/mol. The van der Waals surface area contributed by atoms with E-state index in [1.807, 2.05) is 36.5 Å². The van der Waals surface area contributed by atoms with Crippen molar-refractivity contribution in [1.29, 1.82) is 0 Å². The number of unbranched alkanes of at least 4 members (excludes halogenated alkanes) is 12. The average molecular weight is 529 g/mol. The molecule has 0 aliphatic carbocycles. The Morgan fingerprint density at radius 3 is 1.53 bits per heavy atom. The Morgan fingerprint density at radius 2 is 1.03 bits per heavy atom. The van der Waals surface area contributed by atoms with Crippen molar-refractivity contribution in [2.45, 2.75) is 135 Å². The van der Waals surface area contributed by atoms with E-state index in [1.165, 1.54) is 64.2 Å². The molecule has 3 N–H and O–H groups in total. The van der Waals surface area contributed by atoms with Crippen LogP contribution in [0, 0.1) is 0 Å². The first-order valence-corrected chi connectivity index (χ1v) is 15.1. The number of aliphatic carboxylic acids is 1. The second-order valence-electron chi connectivity index (χ2n) is 9.99. The summed E-state index contributed by atoms with van der Waals surface area (Å²) in [6.07, 6.45) is 42.1. The molecule has 0 rings (SSSR count). The lowest BCUT2D eigenvalue weighted by molar-refractivity contribution is -0.137. The fourth-order valence-electron chi connectivity index (χ4n) is 4.00. The van der Waals surface area contributed by atoms with Crippen LogP contribution in [-0.2, 0) is 4.79 Å². The molecule has 0 saturated carbocycles. The second-order valence-corrected chi connectivity index (χ2v) is 9.99. The number of carboxylic acids is 1. The molecular formula is C34H56O4. The van der Waals surface area contributed by atoms with E-state index in [9.17, 15) is 15.0 Å². The molecule has 0 bridgehead atoms. The standard InChI is InChI=1S/C34H56O4/c1-2-3-22-27-32(35)29-24-20-21-25-30-33(36)28-23-18-16-14-12-10-8-6-4-5-7-9-11-13-15-17-19-26-31-34(37)38/h3,12,14,18,20-25,29-30,32-33,35-36H,2,4-11,13,15-17,19,26-28,31H2,1H3,(H,37,38)/b14-12-,21-20+,22-3-,23-18-,29-24-,30-25+/t32-,33+/m0/s1. The van der Waals surface area contributed by atoms with E-state index in [1.54, 1.807) is 12.2 Å². The minimum absolute atomic E-state index is 0.319. The van der Waals surface area contributed by atoms with Crippen molar-refractivity contribution < 1.29 is 20.1 Å². The van der Waals surface area contributed by atoms with E-state index in [0.29, 0.717) is 19.3 Å². The van der Waals surface area contributed by atoms with Gasteiger partial charge in [-0.3, -0.25) is 4.79 Å².